The summed E-state index contributed by atoms with van der Waals surface area (Å²) in [5.41, 5.74) is 0.866. The number of ether oxygens (including phenoxy) is 2. The number of hydrogen-bond donors (Lipinski definition) is 2. The molecule has 0 amide bonds. The SMILES string of the molecule is COc1ccc(C(=O)/C=C/Nc2cc(Cl)ccc2O)cc1OC. The molecule has 5 nitrogen and oxygen atoms in total. The van der Waals surface area contributed by atoms with Gasteiger partial charge < -0.3 is 19.9 Å². The van der Waals surface area contributed by atoms with Crippen molar-refractivity contribution in [2.45, 2.75) is 0 Å². The number of rotatable bonds is 6. The molecule has 0 bridgehead atoms. The zero-order valence-electron chi connectivity index (χ0n) is 12.7. The third-order valence-corrected chi connectivity index (χ3v) is 3.34. The zero-order valence-corrected chi connectivity index (χ0v) is 13.4. The molecule has 2 N–H and O–H groups in total. The average Bonchev–Trinajstić information content (AvgIpc) is 2.57. The first kappa shape index (κ1) is 16.7. The predicted octanol–water partition coefficient (Wildman–Crippen LogP) is 3.87. The van der Waals surface area contributed by atoms with Crippen LogP contribution in [0, 0.1) is 0 Å². The summed E-state index contributed by atoms with van der Waals surface area (Å²) in [6.45, 7) is 0. The van der Waals surface area contributed by atoms with Gasteiger partial charge in [0.15, 0.2) is 17.3 Å². The number of methoxy groups -OCH3 is 2. The van der Waals surface area contributed by atoms with Gasteiger partial charge in [-0.3, -0.25) is 4.79 Å². The van der Waals surface area contributed by atoms with Crippen LogP contribution in [0.5, 0.6) is 17.2 Å². The van der Waals surface area contributed by atoms with E-state index in [4.69, 9.17) is 21.1 Å². The molecule has 0 aliphatic carbocycles. The van der Waals surface area contributed by atoms with Crippen LogP contribution < -0.4 is 14.8 Å². The number of nitrogens with one attached hydrogen (secondary N) is 1. The van der Waals surface area contributed by atoms with Crippen LogP contribution >= 0.6 is 11.6 Å². The van der Waals surface area contributed by atoms with E-state index in [1.54, 1.807) is 30.3 Å². The maximum absolute atomic E-state index is 12.1. The van der Waals surface area contributed by atoms with Crippen LogP contribution in [0.2, 0.25) is 5.02 Å². The van der Waals surface area contributed by atoms with Gasteiger partial charge in [-0.25, -0.2) is 0 Å². The Morgan fingerprint density at radius 2 is 1.87 bits per heavy atom. The summed E-state index contributed by atoms with van der Waals surface area (Å²) in [5, 5.41) is 13.0. The normalized spacial score (nSPS) is 10.6. The number of benzene rings is 2. The monoisotopic (exact) mass is 333 g/mol. The van der Waals surface area contributed by atoms with E-state index in [1.165, 1.54) is 32.6 Å². The fourth-order valence-corrected chi connectivity index (χ4v) is 2.09. The van der Waals surface area contributed by atoms with Gasteiger partial charge >= 0.3 is 0 Å². The highest BCUT2D eigenvalue weighted by Crippen LogP contribution is 2.28. The van der Waals surface area contributed by atoms with E-state index in [1.807, 2.05) is 0 Å². The van der Waals surface area contributed by atoms with Crippen molar-refractivity contribution in [2.75, 3.05) is 19.5 Å². The van der Waals surface area contributed by atoms with Gasteiger partial charge in [-0.15, -0.1) is 0 Å². The molecular weight excluding hydrogens is 318 g/mol. The molecular formula is C17H16ClNO4. The third kappa shape index (κ3) is 4.17. The first-order chi connectivity index (χ1) is 11.0. The molecule has 0 saturated heterocycles. The first-order valence-electron chi connectivity index (χ1n) is 6.73. The lowest BCUT2D eigenvalue weighted by molar-refractivity contribution is 0.104. The van der Waals surface area contributed by atoms with Crippen molar-refractivity contribution in [3.8, 4) is 17.2 Å². The van der Waals surface area contributed by atoms with E-state index in [0.717, 1.165) is 0 Å². The summed E-state index contributed by atoms with van der Waals surface area (Å²) in [6.07, 6.45) is 2.78. The molecule has 0 atom stereocenters. The van der Waals surface area contributed by atoms with E-state index >= 15 is 0 Å². The van der Waals surface area contributed by atoms with E-state index in [9.17, 15) is 9.90 Å². The Morgan fingerprint density at radius 3 is 2.57 bits per heavy atom. The fourth-order valence-electron chi connectivity index (χ4n) is 1.92. The lowest BCUT2D eigenvalue weighted by Crippen LogP contribution is -1.98. The van der Waals surface area contributed by atoms with Crippen LogP contribution in [0.1, 0.15) is 10.4 Å². The number of ketones is 1. The highest BCUT2D eigenvalue weighted by molar-refractivity contribution is 6.30. The number of halogens is 1. The molecule has 0 aromatic heterocycles. The van der Waals surface area contributed by atoms with E-state index in [-0.39, 0.29) is 11.5 Å². The summed E-state index contributed by atoms with van der Waals surface area (Å²) in [7, 11) is 3.03. The average molecular weight is 334 g/mol. The lowest BCUT2D eigenvalue weighted by atomic mass is 10.1. The second kappa shape index (κ2) is 7.56. The van der Waals surface area contributed by atoms with E-state index in [2.05, 4.69) is 5.32 Å². The number of aromatic hydroxyl groups is 1. The van der Waals surface area contributed by atoms with Crippen LogP contribution in [0.25, 0.3) is 0 Å². The minimum absolute atomic E-state index is 0.0395. The summed E-state index contributed by atoms with van der Waals surface area (Å²) in [5.74, 6) is 0.847. The number of hydrogen-bond acceptors (Lipinski definition) is 5. The Hall–Kier alpha value is -2.66. The Labute approximate surface area is 139 Å². The molecule has 0 spiro atoms. The molecule has 0 radical (unpaired) electrons. The number of allylic oxidation sites excluding steroid dienone is 1. The second-order valence-corrected chi connectivity index (χ2v) is 5.01. The summed E-state index contributed by atoms with van der Waals surface area (Å²) >= 11 is 5.85. The van der Waals surface area contributed by atoms with Gasteiger partial charge in [-0.2, -0.15) is 0 Å². The lowest BCUT2D eigenvalue weighted by Gasteiger charge is -2.08. The molecule has 23 heavy (non-hydrogen) atoms. The van der Waals surface area contributed by atoms with Gasteiger partial charge in [-0.1, -0.05) is 11.6 Å². The Balaban J connectivity index is 2.11. The molecule has 0 aliphatic rings. The van der Waals surface area contributed by atoms with Crippen LogP contribution in [-0.4, -0.2) is 25.1 Å². The molecule has 0 saturated carbocycles. The van der Waals surface area contributed by atoms with Crippen molar-refractivity contribution >= 4 is 23.1 Å². The minimum atomic E-state index is -0.222. The maximum atomic E-state index is 12.1. The number of phenols is 1. The Kier molecular flexibility index (Phi) is 5.49. The van der Waals surface area contributed by atoms with Crippen LogP contribution in [0.3, 0.4) is 0 Å². The summed E-state index contributed by atoms with van der Waals surface area (Å²) in [6, 6.07) is 9.50. The summed E-state index contributed by atoms with van der Waals surface area (Å²) < 4.78 is 10.3. The highest BCUT2D eigenvalue weighted by Gasteiger charge is 2.08. The predicted molar refractivity (Wildman–Crippen MR) is 89.8 cm³/mol. The van der Waals surface area contributed by atoms with Crippen LogP contribution in [-0.2, 0) is 0 Å². The third-order valence-electron chi connectivity index (χ3n) is 3.10. The summed E-state index contributed by atoms with van der Waals surface area (Å²) in [4.78, 5) is 12.1. The van der Waals surface area contributed by atoms with Gasteiger partial charge in [0.1, 0.15) is 5.75 Å². The molecule has 2 rings (SSSR count). The molecule has 2 aromatic carbocycles. The van der Waals surface area contributed by atoms with Gasteiger partial charge in [0.25, 0.3) is 0 Å². The zero-order chi connectivity index (χ0) is 16.8. The highest BCUT2D eigenvalue weighted by atomic mass is 35.5. The molecule has 0 unspecified atom stereocenters. The van der Waals surface area contributed by atoms with Gasteiger partial charge in [0, 0.05) is 22.9 Å². The van der Waals surface area contributed by atoms with Gasteiger partial charge in [-0.05, 0) is 36.4 Å². The fraction of sp³-hybridized carbons (Fsp3) is 0.118. The first-order valence-corrected chi connectivity index (χ1v) is 7.11. The molecule has 0 heterocycles. The van der Waals surface area contributed by atoms with Crippen molar-refractivity contribution in [1.82, 2.24) is 0 Å². The van der Waals surface area contributed by atoms with Crippen molar-refractivity contribution < 1.29 is 19.4 Å². The smallest absolute Gasteiger partial charge is 0.187 e. The molecule has 2 aromatic rings. The molecule has 0 fully saturated rings. The number of carbonyl (C=O) groups is 1. The van der Waals surface area contributed by atoms with Crippen LogP contribution in [0.15, 0.2) is 48.7 Å². The largest absolute Gasteiger partial charge is 0.506 e. The van der Waals surface area contributed by atoms with Crippen molar-refractivity contribution in [3.63, 3.8) is 0 Å². The van der Waals surface area contributed by atoms with E-state index < -0.39 is 0 Å². The topological polar surface area (TPSA) is 67.8 Å². The molecule has 120 valence electrons. The van der Waals surface area contributed by atoms with Crippen molar-refractivity contribution in [1.29, 1.82) is 0 Å². The minimum Gasteiger partial charge on any atom is -0.506 e. The Morgan fingerprint density at radius 1 is 1.13 bits per heavy atom. The maximum Gasteiger partial charge on any atom is 0.187 e. The van der Waals surface area contributed by atoms with E-state index in [0.29, 0.717) is 27.8 Å². The van der Waals surface area contributed by atoms with Gasteiger partial charge in [0.05, 0.1) is 19.9 Å². The number of anilines is 1. The Bertz CT molecular complexity index is 743. The molecule has 0 aliphatic heterocycles. The molecule has 6 heteroatoms. The van der Waals surface area contributed by atoms with Gasteiger partial charge in [0.2, 0.25) is 0 Å². The standard InChI is InChI=1S/C17H16ClNO4/c1-22-16-6-3-11(9-17(16)23-2)14(20)7-8-19-13-10-12(18)4-5-15(13)21/h3-10,19,21H,1-2H3/b8-7+. The second-order valence-electron chi connectivity index (χ2n) is 4.57. The number of phenolic OH excluding ortho intramolecular Hbond substituents is 1. The van der Waals surface area contributed by atoms with Crippen molar-refractivity contribution in [2.24, 2.45) is 0 Å². The quantitative estimate of drug-likeness (QED) is 0.477. The number of carbonyl (C=O) groups excluding carboxylic acids is 1. The van der Waals surface area contributed by atoms with Crippen LogP contribution in [0.4, 0.5) is 5.69 Å². The van der Waals surface area contributed by atoms with Crippen molar-refractivity contribution in [3.05, 3.63) is 59.3 Å².